The predicted molar refractivity (Wildman–Crippen MR) is 92.3 cm³/mol. The summed E-state index contributed by atoms with van der Waals surface area (Å²) >= 11 is 0. The van der Waals surface area contributed by atoms with Crippen LogP contribution in [-0.2, 0) is 0 Å². The van der Waals surface area contributed by atoms with E-state index in [1.165, 1.54) is 64.2 Å². The molecule has 0 aromatic heterocycles. The fourth-order valence-electron chi connectivity index (χ4n) is 2.86. The summed E-state index contributed by atoms with van der Waals surface area (Å²) in [5.41, 5.74) is 0. The predicted octanol–water partition coefficient (Wildman–Crippen LogP) is 4.46. The lowest BCUT2D eigenvalue weighted by Crippen LogP contribution is -2.23. The number of carbonyl (C=O) groups is 1. The number of rotatable bonds is 14. The molecule has 0 aliphatic carbocycles. The molecule has 22 heavy (non-hydrogen) atoms. The maximum absolute atomic E-state index is 10.3. The summed E-state index contributed by atoms with van der Waals surface area (Å²) in [5.74, 6) is 0. The number of amides is 1. The molecule has 1 amide bonds. The molecule has 4 heteroatoms. The van der Waals surface area contributed by atoms with E-state index in [0.29, 0.717) is 18.6 Å². The summed E-state index contributed by atoms with van der Waals surface area (Å²) in [4.78, 5) is 10.3. The minimum atomic E-state index is -0.923. The average molecular weight is 310 g/mol. The highest BCUT2D eigenvalue weighted by Gasteiger charge is 2.34. The van der Waals surface area contributed by atoms with E-state index in [0.717, 1.165) is 6.42 Å². The van der Waals surface area contributed by atoms with Gasteiger partial charge in [0.2, 0.25) is 0 Å². The zero-order valence-corrected chi connectivity index (χ0v) is 14.2. The first kappa shape index (κ1) is 19.0. The van der Waals surface area contributed by atoms with Crippen molar-refractivity contribution in [3.63, 3.8) is 0 Å². The molecule has 1 saturated heterocycles. The third-order valence-electron chi connectivity index (χ3n) is 4.31. The molecule has 2 unspecified atom stereocenters. The molecule has 128 valence electrons. The molecule has 1 heterocycles. The van der Waals surface area contributed by atoms with Gasteiger partial charge in [0.25, 0.3) is 0 Å². The zero-order valence-electron chi connectivity index (χ0n) is 14.2. The lowest BCUT2D eigenvalue weighted by atomic mass is 10.1. The molecule has 0 saturated carbocycles. The lowest BCUT2D eigenvalue weighted by Gasteiger charge is -1.99. The Morgan fingerprint density at radius 3 is 2.36 bits per heavy atom. The van der Waals surface area contributed by atoms with Gasteiger partial charge in [-0.1, -0.05) is 51.2 Å². The van der Waals surface area contributed by atoms with Gasteiger partial charge in [-0.15, -0.1) is 0 Å². The van der Waals surface area contributed by atoms with Gasteiger partial charge in [0.05, 0.1) is 0 Å². The van der Waals surface area contributed by atoms with Crippen LogP contribution in [0.15, 0.2) is 12.2 Å². The van der Waals surface area contributed by atoms with Crippen molar-refractivity contribution in [2.24, 2.45) is 0 Å². The third kappa shape index (κ3) is 10.7. The molecule has 0 aromatic carbocycles. The Kier molecular flexibility index (Phi) is 10.8. The molecule has 1 rings (SSSR count). The highest BCUT2D eigenvalue weighted by atomic mass is 16.4. The van der Waals surface area contributed by atoms with Crippen molar-refractivity contribution < 1.29 is 9.90 Å². The Balaban J connectivity index is 1.80. The second-order valence-electron chi connectivity index (χ2n) is 6.36. The van der Waals surface area contributed by atoms with E-state index < -0.39 is 6.09 Å². The largest absolute Gasteiger partial charge is 0.465 e. The highest BCUT2D eigenvalue weighted by molar-refractivity contribution is 5.64. The first-order chi connectivity index (χ1) is 10.7. The topological polar surface area (TPSA) is 71.3 Å². The molecular weight excluding hydrogens is 276 g/mol. The van der Waals surface area contributed by atoms with Crippen molar-refractivity contribution in [2.75, 3.05) is 6.54 Å². The minimum Gasteiger partial charge on any atom is -0.465 e. The van der Waals surface area contributed by atoms with E-state index in [-0.39, 0.29) is 0 Å². The molecule has 0 radical (unpaired) electrons. The fourth-order valence-corrected chi connectivity index (χ4v) is 2.86. The molecule has 3 N–H and O–H groups in total. The van der Waals surface area contributed by atoms with Crippen LogP contribution in [0.5, 0.6) is 0 Å². The van der Waals surface area contributed by atoms with Crippen LogP contribution < -0.4 is 10.6 Å². The van der Waals surface area contributed by atoms with Crippen LogP contribution in [0.1, 0.15) is 77.6 Å². The van der Waals surface area contributed by atoms with Crippen LogP contribution in [0.3, 0.4) is 0 Å². The van der Waals surface area contributed by atoms with Gasteiger partial charge >= 0.3 is 6.09 Å². The SMILES string of the molecule is CCCCCCCC/C=C\CCCC1NC1CCNC(=O)O. The Morgan fingerprint density at radius 2 is 1.64 bits per heavy atom. The number of allylic oxidation sites excluding steroid dienone is 2. The van der Waals surface area contributed by atoms with Crippen molar-refractivity contribution in [1.82, 2.24) is 10.6 Å². The Morgan fingerprint density at radius 1 is 1.00 bits per heavy atom. The van der Waals surface area contributed by atoms with Crippen molar-refractivity contribution in [2.45, 2.75) is 89.6 Å². The van der Waals surface area contributed by atoms with Gasteiger partial charge in [0, 0.05) is 18.6 Å². The number of unbranched alkanes of at least 4 members (excludes halogenated alkanes) is 7. The molecular formula is C18H34N2O2. The average Bonchev–Trinajstić information content (AvgIpc) is 3.23. The first-order valence-corrected chi connectivity index (χ1v) is 9.12. The van der Waals surface area contributed by atoms with Crippen LogP contribution in [0.25, 0.3) is 0 Å². The Labute approximate surface area is 135 Å². The molecule has 1 fully saturated rings. The van der Waals surface area contributed by atoms with Gasteiger partial charge in [-0.25, -0.2) is 4.79 Å². The van der Waals surface area contributed by atoms with Gasteiger partial charge in [-0.2, -0.15) is 0 Å². The summed E-state index contributed by atoms with van der Waals surface area (Å²) in [7, 11) is 0. The maximum atomic E-state index is 10.3. The molecule has 0 aromatic rings. The van der Waals surface area contributed by atoms with E-state index in [1.54, 1.807) is 0 Å². The molecule has 2 atom stereocenters. The van der Waals surface area contributed by atoms with Crippen molar-refractivity contribution in [3.05, 3.63) is 12.2 Å². The quantitative estimate of drug-likeness (QED) is 0.252. The maximum Gasteiger partial charge on any atom is 0.404 e. The second-order valence-corrected chi connectivity index (χ2v) is 6.36. The summed E-state index contributed by atoms with van der Waals surface area (Å²) in [6, 6.07) is 1.14. The van der Waals surface area contributed by atoms with Crippen LogP contribution in [0, 0.1) is 0 Å². The van der Waals surface area contributed by atoms with Gasteiger partial charge in [-0.05, 0) is 38.5 Å². The molecule has 0 bridgehead atoms. The van der Waals surface area contributed by atoms with E-state index in [2.05, 4.69) is 29.7 Å². The summed E-state index contributed by atoms with van der Waals surface area (Å²) in [6.07, 6.45) is 17.7. The summed E-state index contributed by atoms with van der Waals surface area (Å²) in [5, 5.41) is 14.3. The minimum absolute atomic E-state index is 0.527. The molecule has 1 aliphatic heterocycles. The Hall–Kier alpha value is -1.03. The second kappa shape index (κ2) is 12.5. The number of hydrogen-bond acceptors (Lipinski definition) is 2. The zero-order chi connectivity index (χ0) is 16.0. The summed E-state index contributed by atoms with van der Waals surface area (Å²) < 4.78 is 0. The van der Waals surface area contributed by atoms with E-state index in [4.69, 9.17) is 5.11 Å². The Bertz CT molecular complexity index is 318. The smallest absolute Gasteiger partial charge is 0.404 e. The van der Waals surface area contributed by atoms with Crippen molar-refractivity contribution >= 4 is 6.09 Å². The van der Waals surface area contributed by atoms with Crippen LogP contribution in [0.2, 0.25) is 0 Å². The number of hydrogen-bond donors (Lipinski definition) is 3. The molecule has 0 spiro atoms. The van der Waals surface area contributed by atoms with Gasteiger partial charge in [0.15, 0.2) is 0 Å². The normalized spacial score (nSPS) is 20.4. The van der Waals surface area contributed by atoms with Crippen LogP contribution in [-0.4, -0.2) is 29.8 Å². The van der Waals surface area contributed by atoms with Gasteiger partial charge in [0.1, 0.15) is 0 Å². The number of nitrogens with one attached hydrogen (secondary N) is 2. The van der Waals surface area contributed by atoms with E-state index >= 15 is 0 Å². The van der Waals surface area contributed by atoms with Crippen LogP contribution >= 0.6 is 0 Å². The van der Waals surface area contributed by atoms with E-state index in [1.807, 2.05) is 0 Å². The highest BCUT2D eigenvalue weighted by Crippen LogP contribution is 2.20. The fraction of sp³-hybridized carbons (Fsp3) is 0.833. The standard InChI is InChI=1S/C18H34N2O2/c1-2-3-4-5-6-7-8-9-10-11-12-13-16-17(20-16)14-15-19-18(21)22/h9-10,16-17,19-20H,2-8,11-15H2,1H3,(H,21,22)/b10-9-. The van der Waals surface area contributed by atoms with Gasteiger partial charge in [-0.3, -0.25) is 0 Å². The van der Waals surface area contributed by atoms with E-state index in [9.17, 15) is 4.79 Å². The van der Waals surface area contributed by atoms with Gasteiger partial charge < -0.3 is 15.7 Å². The van der Waals surface area contributed by atoms with Crippen molar-refractivity contribution in [3.8, 4) is 0 Å². The van der Waals surface area contributed by atoms with Crippen LogP contribution in [0.4, 0.5) is 4.79 Å². The number of carboxylic acid groups (broad SMARTS) is 1. The molecule has 4 nitrogen and oxygen atoms in total. The monoisotopic (exact) mass is 310 g/mol. The first-order valence-electron chi connectivity index (χ1n) is 9.12. The third-order valence-corrected chi connectivity index (χ3v) is 4.31. The summed E-state index contributed by atoms with van der Waals surface area (Å²) in [6.45, 7) is 2.82. The lowest BCUT2D eigenvalue weighted by molar-refractivity contribution is 0.194. The molecule has 1 aliphatic rings. The van der Waals surface area contributed by atoms with Crippen molar-refractivity contribution in [1.29, 1.82) is 0 Å².